The van der Waals surface area contributed by atoms with E-state index in [1.807, 2.05) is 12.1 Å². The maximum Gasteiger partial charge on any atom is 0.337 e. The van der Waals surface area contributed by atoms with E-state index < -0.39 is 5.97 Å². The highest BCUT2D eigenvalue weighted by Gasteiger charge is 2.11. The van der Waals surface area contributed by atoms with Crippen LogP contribution in [0.25, 0.3) is 0 Å². The van der Waals surface area contributed by atoms with Gasteiger partial charge in [0.05, 0.1) is 19.1 Å². The topological polar surface area (TPSA) is 58.6 Å². The number of hydrogen-bond donors (Lipinski definition) is 1. The quantitative estimate of drug-likeness (QED) is 0.835. The molecule has 2 aromatic carbocycles. The van der Waals surface area contributed by atoms with Gasteiger partial charge in [0.15, 0.2) is 0 Å². The molecule has 1 N–H and O–H groups in total. The van der Waals surface area contributed by atoms with Crippen LogP contribution in [0.5, 0.6) is 0 Å². The lowest BCUT2D eigenvalue weighted by Crippen LogP contribution is -2.29. The lowest BCUT2D eigenvalue weighted by molar-refractivity contribution is -0.115. The Morgan fingerprint density at radius 3 is 2.23 bits per heavy atom. The van der Waals surface area contributed by atoms with Crippen LogP contribution in [-0.2, 0) is 16.0 Å². The Morgan fingerprint density at radius 1 is 0.962 bits per heavy atom. The van der Waals surface area contributed by atoms with Crippen molar-refractivity contribution in [2.24, 2.45) is 0 Å². The number of rotatable bonds is 5. The van der Waals surface area contributed by atoms with Crippen molar-refractivity contribution < 1.29 is 14.3 Å². The highest BCUT2D eigenvalue weighted by molar-refractivity contribution is 5.94. The molecule has 1 fully saturated rings. The van der Waals surface area contributed by atoms with Crippen molar-refractivity contribution in [2.75, 3.05) is 30.4 Å². The number of carbonyl (C=O) groups is 2. The van der Waals surface area contributed by atoms with Gasteiger partial charge in [-0.3, -0.25) is 4.79 Å². The normalized spacial score (nSPS) is 14.0. The summed E-state index contributed by atoms with van der Waals surface area (Å²) in [5.74, 6) is -0.474. The molecule has 0 aliphatic carbocycles. The molecule has 1 aliphatic heterocycles. The summed E-state index contributed by atoms with van der Waals surface area (Å²) in [7, 11) is 1.34. The van der Waals surface area contributed by atoms with E-state index in [2.05, 4.69) is 27.1 Å². The number of methoxy groups -OCH3 is 1. The van der Waals surface area contributed by atoms with Crippen molar-refractivity contribution in [2.45, 2.75) is 25.7 Å². The lowest BCUT2D eigenvalue weighted by Gasteiger charge is -2.28. The monoisotopic (exact) mass is 352 g/mol. The average Bonchev–Trinajstić information content (AvgIpc) is 2.69. The summed E-state index contributed by atoms with van der Waals surface area (Å²) >= 11 is 0. The molecule has 5 nitrogen and oxygen atoms in total. The number of esters is 1. The van der Waals surface area contributed by atoms with Crippen LogP contribution in [-0.4, -0.2) is 32.1 Å². The van der Waals surface area contributed by atoms with E-state index in [-0.39, 0.29) is 5.91 Å². The van der Waals surface area contributed by atoms with Crippen LogP contribution >= 0.6 is 0 Å². The minimum atomic E-state index is -0.392. The van der Waals surface area contributed by atoms with Gasteiger partial charge in [-0.15, -0.1) is 0 Å². The number of anilines is 2. The molecule has 0 saturated carbocycles. The fourth-order valence-electron chi connectivity index (χ4n) is 3.17. The molecule has 26 heavy (non-hydrogen) atoms. The van der Waals surface area contributed by atoms with Crippen LogP contribution in [0.3, 0.4) is 0 Å². The highest BCUT2D eigenvalue weighted by Crippen LogP contribution is 2.20. The third kappa shape index (κ3) is 4.63. The smallest absolute Gasteiger partial charge is 0.337 e. The summed E-state index contributed by atoms with van der Waals surface area (Å²) in [4.78, 5) is 26.0. The minimum absolute atomic E-state index is 0.0819. The molecule has 1 aliphatic rings. The molecule has 0 spiro atoms. The molecule has 1 saturated heterocycles. The van der Waals surface area contributed by atoms with Gasteiger partial charge in [-0.2, -0.15) is 0 Å². The number of hydrogen-bond acceptors (Lipinski definition) is 4. The van der Waals surface area contributed by atoms with E-state index in [9.17, 15) is 9.59 Å². The Hall–Kier alpha value is -2.82. The van der Waals surface area contributed by atoms with Gasteiger partial charge in [0.25, 0.3) is 0 Å². The second-order valence-electron chi connectivity index (χ2n) is 6.51. The number of ether oxygens (including phenoxy) is 1. The maximum atomic E-state index is 12.2. The van der Waals surface area contributed by atoms with E-state index in [0.29, 0.717) is 17.7 Å². The number of nitrogens with one attached hydrogen (secondary N) is 1. The molecule has 0 bridgehead atoms. The molecule has 0 atom stereocenters. The number of piperidine rings is 1. The van der Waals surface area contributed by atoms with Crippen LogP contribution in [0.1, 0.15) is 35.2 Å². The van der Waals surface area contributed by atoms with Crippen molar-refractivity contribution in [3.8, 4) is 0 Å². The Balaban J connectivity index is 1.55. The first kappa shape index (κ1) is 18.0. The van der Waals surface area contributed by atoms with Crippen LogP contribution in [0.2, 0.25) is 0 Å². The fraction of sp³-hybridized carbons (Fsp3) is 0.333. The predicted molar refractivity (Wildman–Crippen MR) is 103 cm³/mol. The molecule has 0 aromatic heterocycles. The van der Waals surface area contributed by atoms with Crippen LogP contribution in [0.15, 0.2) is 48.5 Å². The van der Waals surface area contributed by atoms with Gasteiger partial charge in [0.1, 0.15) is 0 Å². The van der Waals surface area contributed by atoms with Gasteiger partial charge in [0, 0.05) is 24.5 Å². The average molecular weight is 352 g/mol. The van der Waals surface area contributed by atoms with Gasteiger partial charge in [-0.1, -0.05) is 12.1 Å². The van der Waals surface area contributed by atoms with Gasteiger partial charge in [-0.25, -0.2) is 4.79 Å². The SMILES string of the molecule is COC(=O)c1ccc(NC(=O)Cc2ccc(N3CCCCC3)cc2)cc1. The predicted octanol–water partition coefficient (Wildman–Crippen LogP) is 3.64. The van der Waals surface area contributed by atoms with Crippen LogP contribution in [0.4, 0.5) is 11.4 Å². The second-order valence-corrected chi connectivity index (χ2v) is 6.51. The second kappa shape index (κ2) is 8.52. The first-order valence-corrected chi connectivity index (χ1v) is 8.98. The zero-order chi connectivity index (χ0) is 18.4. The summed E-state index contributed by atoms with van der Waals surface area (Å²) < 4.78 is 4.66. The molecule has 2 aromatic rings. The molecule has 3 rings (SSSR count). The summed E-state index contributed by atoms with van der Waals surface area (Å²) in [6.45, 7) is 2.23. The van der Waals surface area contributed by atoms with Crippen molar-refractivity contribution in [3.05, 3.63) is 59.7 Å². The van der Waals surface area contributed by atoms with Crippen molar-refractivity contribution in [1.29, 1.82) is 0 Å². The first-order chi connectivity index (χ1) is 12.7. The summed E-state index contributed by atoms with van der Waals surface area (Å²) in [6.07, 6.45) is 4.13. The minimum Gasteiger partial charge on any atom is -0.465 e. The van der Waals surface area contributed by atoms with Gasteiger partial charge in [-0.05, 0) is 61.2 Å². The summed E-state index contributed by atoms with van der Waals surface area (Å²) in [5.41, 5.74) is 3.33. The zero-order valence-corrected chi connectivity index (χ0v) is 15.0. The number of carbonyl (C=O) groups excluding carboxylic acids is 2. The van der Waals surface area contributed by atoms with Crippen LogP contribution in [0, 0.1) is 0 Å². The van der Waals surface area contributed by atoms with Crippen molar-refractivity contribution in [1.82, 2.24) is 0 Å². The number of benzene rings is 2. The molecule has 136 valence electrons. The van der Waals surface area contributed by atoms with Gasteiger partial charge >= 0.3 is 5.97 Å². The van der Waals surface area contributed by atoms with E-state index in [4.69, 9.17) is 0 Å². The van der Waals surface area contributed by atoms with Gasteiger partial charge in [0.2, 0.25) is 5.91 Å². The van der Waals surface area contributed by atoms with Crippen LogP contribution < -0.4 is 10.2 Å². The number of nitrogens with zero attached hydrogens (tertiary/aromatic N) is 1. The van der Waals surface area contributed by atoms with Crippen molar-refractivity contribution in [3.63, 3.8) is 0 Å². The van der Waals surface area contributed by atoms with E-state index in [1.54, 1.807) is 24.3 Å². The standard InChI is InChI=1S/C21H24N2O3/c1-26-21(25)17-7-9-18(10-8-17)22-20(24)15-16-5-11-19(12-6-16)23-13-3-2-4-14-23/h5-12H,2-4,13-15H2,1H3,(H,22,24). The Bertz CT molecular complexity index is 748. The highest BCUT2D eigenvalue weighted by atomic mass is 16.5. The number of amides is 1. The zero-order valence-electron chi connectivity index (χ0n) is 15.0. The molecular formula is C21H24N2O3. The molecule has 5 heteroatoms. The van der Waals surface area contributed by atoms with E-state index >= 15 is 0 Å². The van der Waals surface area contributed by atoms with E-state index in [0.717, 1.165) is 18.7 Å². The molecule has 0 radical (unpaired) electrons. The van der Waals surface area contributed by atoms with E-state index in [1.165, 1.54) is 32.1 Å². The Morgan fingerprint density at radius 2 is 1.62 bits per heavy atom. The Kier molecular flexibility index (Phi) is 5.89. The lowest BCUT2D eigenvalue weighted by atomic mass is 10.1. The largest absolute Gasteiger partial charge is 0.465 e. The molecular weight excluding hydrogens is 328 g/mol. The van der Waals surface area contributed by atoms with Gasteiger partial charge < -0.3 is 15.0 Å². The summed E-state index contributed by atoms with van der Waals surface area (Å²) in [6, 6.07) is 14.9. The third-order valence-corrected chi connectivity index (χ3v) is 4.61. The third-order valence-electron chi connectivity index (χ3n) is 4.61. The first-order valence-electron chi connectivity index (χ1n) is 8.98. The Labute approximate surface area is 154 Å². The maximum absolute atomic E-state index is 12.2. The molecule has 1 heterocycles. The fourth-order valence-corrected chi connectivity index (χ4v) is 3.17. The summed E-state index contributed by atoms with van der Waals surface area (Å²) in [5, 5.41) is 2.85. The van der Waals surface area contributed by atoms with Crippen molar-refractivity contribution >= 4 is 23.3 Å². The molecule has 1 amide bonds. The molecule has 0 unspecified atom stereocenters.